The van der Waals surface area contributed by atoms with E-state index in [9.17, 15) is 14.7 Å². The van der Waals surface area contributed by atoms with E-state index in [0.717, 1.165) is 31.2 Å². The van der Waals surface area contributed by atoms with Gasteiger partial charge in [0.15, 0.2) is 6.61 Å². The number of benzene rings is 2. The fraction of sp³-hybridized carbons (Fsp3) is 0.407. The van der Waals surface area contributed by atoms with Gasteiger partial charge in [-0.3, -0.25) is 9.59 Å². The maximum absolute atomic E-state index is 12.9. The molecule has 2 aromatic carbocycles. The van der Waals surface area contributed by atoms with Gasteiger partial charge in [-0.05, 0) is 87.1 Å². The minimum atomic E-state index is -0.0189. The van der Waals surface area contributed by atoms with E-state index in [-0.39, 0.29) is 36.3 Å². The van der Waals surface area contributed by atoms with Crippen molar-refractivity contribution in [2.75, 3.05) is 19.7 Å². The Morgan fingerprint density at radius 3 is 2.27 bits per heavy atom. The molecule has 1 saturated heterocycles. The Morgan fingerprint density at radius 1 is 1.00 bits per heavy atom. The van der Waals surface area contributed by atoms with Crippen molar-refractivity contribution < 1.29 is 19.4 Å². The third-order valence-electron chi connectivity index (χ3n) is 6.68. The molecule has 6 heteroatoms. The molecule has 2 amide bonds. The zero-order chi connectivity index (χ0) is 23.4. The maximum atomic E-state index is 12.9. The number of amides is 2. The van der Waals surface area contributed by atoms with E-state index in [1.165, 1.54) is 5.57 Å². The number of phenolic OH excluding ortho intramolecular Hbond substituents is 1. The summed E-state index contributed by atoms with van der Waals surface area (Å²) < 4.78 is 5.73. The Balaban J connectivity index is 1.31. The summed E-state index contributed by atoms with van der Waals surface area (Å²) in [7, 11) is 0. The normalized spacial score (nSPS) is 20.8. The van der Waals surface area contributed by atoms with E-state index in [1.807, 2.05) is 21.9 Å². The van der Waals surface area contributed by atoms with E-state index in [4.69, 9.17) is 4.74 Å². The molecule has 6 nitrogen and oxygen atoms in total. The average molecular weight is 449 g/mol. The van der Waals surface area contributed by atoms with Crippen LogP contribution in [0.3, 0.4) is 0 Å². The largest absolute Gasteiger partial charge is 0.508 e. The number of carbonyl (C=O) groups excluding carboxylic acids is 2. The van der Waals surface area contributed by atoms with Crippen LogP contribution in [0.1, 0.15) is 55.5 Å². The van der Waals surface area contributed by atoms with Crippen molar-refractivity contribution in [2.24, 2.45) is 0 Å². The molecule has 0 bridgehead atoms. The first-order chi connectivity index (χ1) is 15.9. The van der Waals surface area contributed by atoms with Gasteiger partial charge in [-0.15, -0.1) is 0 Å². The number of ether oxygens (including phenoxy) is 1. The lowest BCUT2D eigenvalue weighted by Crippen LogP contribution is -2.49. The van der Waals surface area contributed by atoms with Gasteiger partial charge >= 0.3 is 0 Å². The molecule has 0 saturated carbocycles. The summed E-state index contributed by atoms with van der Waals surface area (Å²) in [6, 6.07) is 14.7. The fourth-order valence-electron chi connectivity index (χ4n) is 4.80. The van der Waals surface area contributed by atoms with Crippen molar-refractivity contribution in [2.45, 2.75) is 51.6 Å². The molecular formula is C27H32N2O4. The summed E-state index contributed by atoms with van der Waals surface area (Å²) in [5, 5.41) is 9.46. The molecule has 2 aliphatic heterocycles. The molecule has 0 aliphatic carbocycles. The number of hydrogen-bond donors (Lipinski definition) is 1. The first-order valence-corrected chi connectivity index (χ1v) is 11.7. The summed E-state index contributed by atoms with van der Waals surface area (Å²) in [6.45, 7) is 5.40. The van der Waals surface area contributed by atoms with Gasteiger partial charge in [-0.1, -0.05) is 18.2 Å². The third kappa shape index (κ3) is 5.38. The summed E-state index contributed by atoms with van der Waals surface area (Å²) in [5.74, 6) is 0.832. The van der Waals surface area contributed by atoms with Gasteiger partial charge in [0.1, 0.15) is 11.5 Å². The quantitative estimate of drug-likeness (QED) is 0.732. The monoisotopic (exact) mass is 448 g/mol. The summed E-state index contributed by atoms with van der Waals surface area (Å²) >= 11 is 0. The molecule has 0 radical (unpaired) electrons. The van der Waals surface area contributed by atoms with E-state index in [2.05, 4.69) is 19.9 Å². The lowest BCUT2D eigenvalue weighted by Gasteiger charge is -2.38. The van der Waals surface area contributed by atoms with Crippen LogP contribution in [0.25, 0.3) is 5.57 Å². The van der Waals surface area contributed by atoms with Crippen LogP contribution in [0.4, 0.5) is 0 Å². The van der Waals surface area contributed by atoms with Crippen LogP contribution in [0.15, 0.2) is 54.6 Å². The second kappa shape index (κ2) is 10.1. The van der Waals surface area contributed by atoms with Gasteiger partial charge in [0.05, 0.1) is 0 Å². The number of aromatic hydroxyl groups is 1. The predicted molar refractivity (Wildman–Crippen MR) is 128 cm³/mol. The zero-order valence-electron chi connectivity index (χ0n) is 19.4. The highest BCUT2D eigenvalue weighted by atomic mass is 16.5. The number of hydrogen-bond acceptors (Lipinski definition) is 4. The van der Waals surface area contributed by atoms with E-state index in [1.54, 1.807) is 36.4 Å². The smallest absolute Gasteiger partial charge is 0.260 e. The summed E-state index contributed by atoms with van der Waals surface area (Å²) in [5.41, 5.74) is 2.86. The molecule has 0 aromatic heterocycles. The number of carbonyl (C=O) groups is 2. The third-order valence-corrected chi connectivity index (χ3v) is 6.68. The summed E-state index contributed by atoms with van der Waals surface area (Å²) in [4.78, 5) is 29.3. The van der Waals surface area contributed by atoms with Crippen LogP contribution in [0, 0.1) is 0 Å². The molecule has 4 rings (SSSR count). The van der Waals surface area contributed by atoms with Gasteiger partial charge < -0.3 is 19.6 Å². The van der Waals surface area contributed by atoms with Gasteiger partial charge in [-0.2, -0.15) is 0 Å². The van der Waals surface area contributed by atoms with Crippen LogP contribution >= 0.6 is 0 Å². The van der Waals surface area contributed by atoms with Crippen LogP contribution < -0.4 is 4.74 Å². The number of piperidine rings is 1. The minimum Gasteiger partial charge on any atom is -0.508 e. The highest BCUT2D eigenvalue weighted by Gasteiger charge is 2.29. The van der Waals surface area contributed by atoms with E-state index >= 15 is 0 Å². The molecule has 1 fully saturated rings. The number of rotatable bonds is 5. The Bertz CT molecular complexity index is 1000. The van der Waals surface area contributed by atoms with Gasteiger partial charge in [-0.25, -0.2) is 0 Å². The van der Waals surface area contributed by atoms with Crippen molar-refractivity contribution in [3.05, 3.63) is 65.7 Å². The van der Waals surface area contributed by atoms with Crippen molar-refractivity contribution in [3.63, 3.8) is 0 Å². The van der Waals surface area contributed by atoms with Crippen LogP contribution in [-0.4, -0.2) is 58.5 Å². The molecule has 2 atom stereocenters. The Morgan fingerprint density at radius 2 is 1.67 bits per heavy atom. The first kappa shape index (κ1) is 22.9. The molecule has 2 aromatic rings. The topological polar surface area (TPSA) is 70.1 Å². The molecule has 2 heterocycles. The number of nitrogens with zero attached hydrogens (tertiary/aromatic N) is 2. The van der Waals surface area contributed by atoms with Crippen LogP contribution in [0.5, 0.6) is 11.5 Å². The first-order valence-electron chi connectivity index (χ1n) is 11.7. The lowest BCUT2D eigenvalue weighted by molar-refractivity contribution is -0.139. The van der Waals surface area contributed by atoms with Crippen LogP contribution in [-0.2, 0) is 4.79 Å². The number of likely N-dealkylation sites (tertiary alicyclic amines) is 1. The molecule has 2 unspecified atom stereocenters. The van der Waals surface area contributed by atoms with Crippen molar-refractivity contribution in [1.82, 2.24) is 9.80 Å². The predicted octanol–water partition coefficient (Wildman–Crippen LogP) is 4.49. The average Bonchev–Trinajstić information content (AvgIpc) is 2.83. The highest BCUT2D eigenvalue weighted by Crippen LogP contribution is 2.26. The van der Waals surface area contributed by atoms with E-state index < -0.39 is 0 Å². The molecule has 2 aliphatic rings. The summed E-state index contributed by atoms with van der Waals surface area (Å²) in [6.07, 6.45) is 6.07. The van der Waals surface area contributed by atoms with Gasteiger partial charge in [0.2, 0.25) is 0 Å². The van der Waals surface area contributed by atoms with Crippen LogP contribution in [0.2, 0.25) is 0 Å². The van der Waals surface area contributed by atoms with Crippen molar-refractivity contribution in [3.8, 4) is 11.5 Å². The lowest BCUT2D eigenvalue weighted by atomic mass is 9.97. The standard InChI is InChI=1S/C27H32N2O4/c1-19-4-3-5-20(2)29(19)26(31)18-33-25-12-8-23(9-13-25)27(32)28-16-14-22(15-17-28)21-6-10-24(30)11-7-21/h6-14,19-20,30H,3-5,15-18H2,1-2H3. The maximum Gasteiger partial charge on any atom is 0.260 e. The molecule has 0 spiro atoms. The fourth-order valence-corrected chi connectivity index (χ4v) is 4.80. The Hall–Kier alpha value is -3.28. The molecule has 1 N–H and O–H groups in total. The highest BCUT2D eigenvalue weighted by molar-refractivity contribution is 5.95. The second-order valence-corrected chi connectivity index (χ2v) is 9.02. The SMILES string of the molecule is CC1CCCC(C)N1C(=O)COc1ccc(C(=O)N2CC=C(c3ccc(O)cc3)CC2)cc1. The Kier molecular flexibility index (Phi) is 7.02. The molecule has 174 valence electrons. The number of phenols is 1. The zero-order valence-corrected chi connectivity index (χ0v) is 19.4. The van der Waals surface area contributed by atoms with Crippen molar-refractivity contribution in [1.29, 1.82) is 0 Å². The minimum absolute atomic E-state index is 0.0128. The van der Waals surface area contributed by atoms with Crippen molar-refractivity contribution >= 4 is 17.4 Å². The van der Waals surface area contributed by atoms with Gasteiger partial charge in [0, 0.05) is 30.7 Å². The Labute approximate surface area is 195 Å². The van der Waals surface area contributed by atoms with E-state index in [0.29, 0.717) is 24.4 Å². The molecule has 33 heavy (non-hydrogen) atoms. The second-order valence-electron chi connectivity index (χ2n) is 9.02. The molecular weight excluding hydrogens is 416 g/mol. The van der Waals surface area contributed by atoms with Gasteiger partial charge in [0.25, 0.3) is 11.8 Å².